The number of hydrogen-bond donors (Lipinski definition) is 1. The zero-order valence-corrected chi connectivity index (χ0v) is 16.3. The summed E-state index contributed by atoms with van der Waals surface area (Å²) in [6, 6.07) is 9.90. The number of benzene rings is 1. The summed E-state index contributed by atoms with van der Waals surface area (Å²) >= 11 is 2.75. The van der Waals surface area contributed by atoms with Crippen molar-refractivity contribution in [3.63, 3.8) is 0 Å². The minimum absolute atomic E-state index is 0.427. The van der Waals surface area contributed by atoms with Crippen molar-refractivity contribution in [2.75, 3.05) is 12.4 Å². The summed E-state index contributed by atoms with van der Waals surface area (Å²) in [5, 5.41) is 5.00. The Morgan fingerprint density at radius 1 is 1.20 bits per heavy atom. The Labute approximate surface area is 155 Å². The average molecular weight is 380 g/mol. The highest BCUT2D eigenvalue weighted by Gasteiger charge is 2.22. The molecule has 2 rings (SSSR count). The second-order valence-corrected chi connectivity index (χ2v) is 8.07. The molecule has 0 aliphatic rings. The number of amides is 1. The molecule has 1 N–H and O–H groups in total. The fraction of sp³-hybridized carbons (Fsp3) is 0.333. The van der Waals surface area contributed by atoms with Crippen LogP contribution in [0.2, 0.25) is 0 Å². The van der Waals surface area contributed by atoms with E-state index in [1.54, 1.807) is 26.2 Å². The van der Waals surface area contributed by atoms with Crippen molar-refractivity contribution < 1.29 is 19.1 Å². The number of ether oxygens (including phenoxy) is 2. The normalized spacial score (nSPS) is 11.0. The summed E-state index contributed by atoms with van der Waals surface area (Å²) in [5.41, 5.74) is 0.973. The summed E-state index contributed by atoms with van der Waals surface area (Å²) in [6.45, 7) is 5.39. The lowest BCUT2D eigenvalue weighted by Crippen LogP contribution is -2.27. The first-order valence-electron chi connectivity index (χ1n) is 7.66. The van der Waals surface area contributed by atoms with Crippen LogP contribution in [0.5, 0.6) is 0 Å². The van der Waals surface area contributed by atoms with E-state index in [1.165, 1.54) is 30.2 Å². The van der Waals surface area contributed by atoms with E-state index < -0.39 is 17.7 Å². The molecule has 0 aliphatic carbocycles. The first kappa shape index (κ1) is 19.3. The number of thiophene rings is 1. The molecule has 0 bridgehead atoms. The monoisotopic (exact) mass is 379 g/mol. The number of carbonyl (C=O) groups excluding carboxylic acids is 2. The van der Waals surface area contributed by atoms with Gasteiger partial charge in [-0.15, -0.1) is 23.1 Å². The zero-order valence-electron chi connectivity index (χ0n) is 14.6. The van der Waals surface area contributed by atoms with E-state index in [2.05, 4.69) is 5.32 Å². The molecule has 0 radical (unpaired) electrons. The molecule has 1 aromatic carbocycles. The number of rotatable bonds is 5. The summed E-state index contributed by atoms with van der Waals surface area (Å²) in [5.74, 6) is 0.244. The van der Waals surface area contributed by atoms with Crippen LogP contribution >= 0.6 is 23.1 Å². The highest BCUT2D eigenvalue weighted by Crippen LogP contribution is 2.39. The predicted octanol–water partition coefficient (Wildman–Crippen LogP) is 5.17. The Morgan fingerprint density at radius 2 is 1.88 bits per heavy atom. The van der Waals surface area contributed by atoms with E-state index in [0.717, 1.165) is 5.56 Å². The van der Waals surface area contributed by atoms with E-state index in [0.29, 0.717) is 21.2 Å². The molecule has 134 valence electrons. The van der Waals surface area contributed by atoms with Crippen LogP contribution in [-0.4, -0.2) is 24.8 Å². The summed E-state index contributed by atoms with van der Waals surface area (Å²) in [7, 11) is 1.34. The fourth-order valence-electron chi connectivity index (χ4n) is 1.95. The summed E-state index contributed by atoms with van der Waals surface area (Å²) in [4.78, 5) is 24.7. The molecule has 0 fully saturated rings. The molecule has 25 heavy (non-hydrogen) atoms. The van der Waals surface area contributed by atoms with Gasteiger partial charge in [0.25, 0.3) is 0 Å². The molecule has 0 saturated carbocycles. The van der Waals surface area contributed by atoms with Gasteiger partial charge >= 0.3 is 12.1 Å². The standard InChI is InChI=1S/C18H21NO4S2/c1-18(2,3)23-17(21)19-15-14(13(11-25-15)16(20)22-4)24-10-12-8-6-5-7-9-12/h5-9,11H,10H2,1-4H3,(H,19,21). The Balaban J connectivity index is 2.20. The van der Waals surface area contributed by atoms with Crippen LogP contribution in [0.15, 0.2) is 40.6 Å². The number of nitrogens with one attached hydrogen (secondary N) is 1. The molecule has 2 aromatic rings. The van der Waals surface area contributed by atoms with Gasteiger partial charge in [0.2, 0.25) is 0 Å². The molecule has 0 atom stereocenters. The Kier molecular flexibility index (Phi) is 6.50. The van der Waals surface area contributed by atoms with Gasteiger partial charge in [-0.2, -0.15) is 0 Å². The molecule has 0 aliphatic heterocycles. The molecule has 0 unspecified atom stereocenters. The van der Waals surface area contributed by atoms with E-state index in [1.807, 2.05) is 30.3 Å². The van der Waals surface area contributed by atoms with Crippen LogP contribution in [0.3, 0.4) is 0 Å². The molecule has 0 saturated heterocycles. The van der Waals surface area contributed by atoms with Gasteiger partial charge in [-0.1, -0.05) is 30.3 Å². The van der Waals surface area contributed by atoms with Crippen LogP contribution < -0.4 is 5.32 Å². The number of thioether (sulfide) groups is 1. The van der Waals surface area contributed by atoms with Gasteiger partial charge in [-0.3, -0.25) is 5.32 Å². The summed E-state index contributed by atoms with van der Waals surface area (Å²) < 4.78 is 10.1. The molecule has 5 nitrogen and oxygen atoms in total. The quantitative estimate of drug-likeness (QED) is 0.573. The minimum atomic E-state index is -0.593. The lowest BCUT2D eigenvalue weighted by molar-refractivity contribution is 0.0593. The van der Waals surface area contributed by atoms with Crippen molar-refractivity contribution in [3.8, 4) is 0 Å². The van der Waals surface area contributed by atoms with Crippen LogP contribution in [0.1, 0.15) is 36.7 Å². The third-order valence-corrected chi connectivity index (χ3v) is 5.21. The van der Waals surface area contributed by atoms with E-state index in [4.69, 9.17) is 9.47 Å². The van der Waals surface area contributed by atoms with Crippen LogP contribution in [0.25, 0.3) is 0 Å². The smallest absolute Gasteiger partial charge is 0.412 e. The Morgan fingerprint density at radius 3 is 2.48 bits per heavy atom. The van der Waals surface area contributed by atoms with Crippen molar-refractivity contribution >= 4 is 40.2 Å². The van der Waals surface area contributed by atoms with E-state index in [-0.39, 0.29) is 0 Å². The fourth-order valence-corrected chi connectivity index (χ4v) is 4.14. The third-order valence-electron chi connectivity index (χ3n) is 2.99. The van der Waals surface area contributed by atoms with Crippen molar-refractivity contribution in [1.82, 2.24) is 0 Å². The number of anilines is 1. The van der Waals surface area contributed by atoms with Gasteiger partial charge in [0.15, 0.2) is 0 Å². The highest BCUT2D eigenvalue weighted by molar-refractivity contribution is 7.99. The van der Waals surface area contributed by atoms with Gasteiger partial charge in [0.1, 0.15) is 10.6 Å². The summed E-state index contributed by atoms with van der Waals surface area (Å²) in [6.07, 6.45) is -0.549. The van der Waals surface area contributed by atoms with Crippen molar-refractivity contribution in [3.05, 3.63) is 46.8 Å². The molecule has 1 heterocycles. The zero-order chi connectivity index (χ0) is 18.4. The third kappa shape index (κ3) is 5.79. The van der Waals surface area contributed by atoms with E-state index >= 15 is 0 Å². The Hall–Kier alpha value is -1.99. The predicted molar refractivity (Wildman–Crippen MR) is 102 cm³/mol. The van der Waals surface area contributed by atoms with Crippen molar-refractivity contribution in [2.24, 2.45) is 0 Å². The maximum atomic E-state index is 12.1. The largest absolute Gasteiger partial charge is 0.465 e. The van der Waals surface area contributed by atoms with Gasteiger partial charge in [-0.25, -0.2) is 9.59 Å². The second-order valence-electron chi connectivity index (χ2n) is 6.20. The lowest BCUT2D eigenvalue weighted by Gasteiger charge is -2.19. The van der Waals surface area contributed by atoms with Gasteiger partial charge in [-0.05, 0) is 26.3 Å². The molecule has 0 spiro atoms. The second kappa shape index (κ2) is 8.40. The SMILES string of the molecule is COC(=O)c1csc(NC(=O)OC(C)(C)C)c1SCc1ccccc1. The van der Waals surface area contributed by atoms with Gasteiger partial charge in [0.05, 0.1) is 17.6 Å². The number of esters is 1. The Bertz CT molecular complexity index is 735. The topological polar surface area (TPSA) is 64.6 Å². The minimum Gasteiger partial charge on any atom is -0.465 e. The van der Waals surface area contributed by atoms with Gasteiger partial charge in [0, 0.05) is 11.1 Å². The first-order chi connectivity index (χ1) is 11.8. The highest BCUT2D eigenvalue weighted by atomic mass is 32.2. The van der Waals surface area contributed by atoms with Gasteiger partial charge < -0.3 is 9.47 Å². The number of hydrogen-bond acceptors (Lipinski definition) is 6. The van der Waals surface area contributed by atoms with Crippen molar-refractivity contribution in [1.29, 1.82) is 0 Å². The molecule has 1 aromatic heterocycles. The first-order valence-corrected chi connectivity index (χ1v) is 9.53. The number of methoxy groups -OCH3 is 1. The maximum absolute atomic E-state index is 12.1. The lowest BCUT2D eigenvalue weighted by atomic mass is 10.2. The maximum Gasteiger partial charge on any atom is 0.412 e. The number of carbonyl (C=O) groups is 2. The molecule has 7 heteroatoms. The van der Waals surface area contributed by atoms with Crippen molar-refractivity contribution in [2.45, 2.75) is 37.0 Å². The molecular formula is C18H21NO4S2. The van der Waals surface area contributed by atoms with Crippen LogP contribution in [0, 0.1) is 0 Å². The average Bonchev–Trinajstić information content (AvgIpc) is 2.93. The molecular weight excluding hydrogens is 358 g/mol. The van der Waals surface area contributed by atoms with Crippen LogP contribution in [0.4, 0.5) is 9.80 Å². The van der Waals surface area contributed by atoms with Crippen LogP contribution in [-0.2, 0) is 15.2 Å². The van der Waals surface area contributed by atoms with E-state index in [9.17, 15) is 9.59 Å². The molecule has 1 amide bonds.